The molecular weight excluding hydrogens is 296 g/mol. The van der Waals surface area contributed by atoms with Crippen molar-refractivity contribution in [3.63, 3.8) is 0 Å². The zero-order chi connectivity index (χ0) is 15.7. The number of nitrogens with zero attached hydrogens (tertiary/aromatic N) is 1. The van der Waals surface area contributed by atoms with E-state index in [9.17, 15) is 27.2 Å². The number of benzene rings is 1. The molecule has 2 amide bonds. The van der Waals surface area contributed by atoms with Gasteiger partial charge < -0.3 is 15.3 Å². The van der Waals surface area contributed by atoms with Gasteiger partial charge in [0, 0.05) is 12.6 Å². The summed E-state index contributed by atoms with van der Waals surface area (Å²) in [5.41, 5.74) is -1.28. The highest BCUT2D eigenvalue weighted by Gasteiger charge is 2.35. The van der Waals surface area contributed by atoms with E-state index in [2.05, 4.69) is 0 Å². The standard InChI is InChI=1S/C12H10F4N2O3/c13-5-4-6(14)9(16)10(8(5)15)17-12(21)18-3-1-2-7(18)11(19)20/h4,7H,1-3H2,(H,17,21)(H,19,20). The lowest BCUT2D eigenvalue weighted by Gasteiger charge is -2.22. The summed E-state index contributed by atoms with van der Waals surface area (Å²) in [6, 6.07) is -2.27. The lowest BCUT2D eigenvalue weighted by atomic mass is 10.2. The van der Waals surface area contributed by atoms with Gasteiger partial charge in [0.1, 0.15) is 11.7 Å². The summed E-state index contributed by atoms with van der Waals surface area (Å²) < 4.78 is 52.9. The highest BCUT2D eigenvalue weighted by atomic mass is 19.2. The van der Waals surface area contributed by atoms with Crippen molar-refractivity contribution in [3.05, 3.63) is 29.3 Å². The van der Waals surface area contributed by atoms with E-state index in [1.54, 1.807) is 5.32 Å². The number of carbonyl (C=O) groups is 2. The van der Waals surface area contributed by atoms with Crippen LogP contribution >= 0.6 is 0 Å². The number of urea groups is 1. The van der Waals surface area contributed by atoms with Gasteiger partial charge in [0.2, 0.25) is 0 Å². The molecule has 1 unspecified atom stereocenters. The molecular formula is C12H10F4N2O3. The third-order valence-corrected chi connectivity index (χ3v) is 3.14. The van der Waals surface area contributed by atoms with Crippen molar-refractivity contribution < 1.29 is 32.3 Å². The molecule has 1 fully saturated rings. The molecule has 1 saturated heterocycles. The Hall–Kier alpha value is -2.32. The molecule has 21 heavy (non-hydrogen) atoms. The minimum Gasteiger partial charge on any atom is -0.480 e. The molecule has 0 spiro atoms. The molecule has 114 valence electrons. The van der Waals surface area contributed by atoms with Gasteiger partial charge in [-0.15, -0.1) is 0 Å². The van der Waals surface area contributed by atoms with Gasteiger partial charge >= 0.3 is 12.0 Å². The maximum absolute atomic E-state index is 13.4. The van der Waals surface area contributed by atoms with Crippen molar-refractivity contribution in [2.45, 2.75) is 18.9 Å². The van der Waals surface area contributed by atoms with Crippen LogP contribution in [0.2, 0.25) is 0 Å². The van der Waals surface area contributed by atoms with Crippen LogP contribution in [0.1, 0.15) is 12.8 Å². The van der Waals surface area contributed by atoms with E-state index >= 15 is 0 Å². The smallest absolute Gasteiger partial charge is 0.326 e. The second-order valence-electron chi connectivity index (χ2n) is 4.46. The van der Waals surface area contributed by atoms with Crippen molar-refractivity contribution >= 4 is 17.7 Å². The summed E-state index contributed by atoms with van der Waals surface area (Å²) in [7, 11) is 0. The van der Waals surface area contributed by atoms with Crippen LogP contribution in [0.4, 0.5) is 28.0 Å². The second kappa shape index (κ2) is 5.58. The van der Waals surface area contributed by atoms with Gasteiger partial charge in [0.05, 0.1) is 0 Å². The number of halogens is 4. The Kier molecular flexibility index (Phi) is 4.01. The van der Waals surface area contributed by atoms with Crippen LogP contribution in [0, 0.1) is 23.3 Å². The molecule has 1 aliphatic heterocycles. The van der Waals surface area contributed by atoms with Gasteiger partial charge in [0.15, 0.2) is 23.3 Å². The van der Waals surface area contributed by atoms with E-state index in [1.165, 1.54) is 0 Å². The van der Waals surface area contributed by atoms with Crippen LogP contribution < -0.4 is 5.32 Å². The number of carboxylic acids is 1. The van der Waals surface area contributed by atoms with Crippen molar-refractivity contribution in [2.24, 2.45) is 0 Å². The molecule has 0 aromatic heterocycles. The fraction of sp³-hybridized carbons (Fsp3) is 0.333. The van der Waals surface area contributed by atoms with E-state index in [1.807, 2.05) is 0 Å². The zero-order valence-corrected chi connectivity index (χ0v) is 10.5. The number of rotatable bonds is 2. The lowest BCUT2D eigenvalue weighted by Crippen LogP contribution is -2.43. The average Bonchev–Trinajstić information content (AvgIpc) is 2.91. The van der Waals surface area contributed by atoms with E-state index < -0.39 is 47.0 Å². The van der Waals surface area contributed by atoms with Crippen LogP contribution in [-0.2, 0) is 4.79 Å². The van der Waals surface area contributed by atoms with Crippen molar-refractivity contribution in [1.82, 2.24) is 4.90 Å². The summed E-state index contributed by atoms with van der Waals surface area (Å²) in [5.74, 6) is -8.11. The lowest BCUT2D eigenvalue weighted by molar-refractivity contribution is -0.141. The predicted molar refractivity (Wildman–Crippen MR) is 62.7 cm³/mol. The molecule has 1 heterocycles. The normalized spacial score (nSPS) is 17.9. The van der Waals surface area contributed by atoms with Gasteiger partial charge in [-0.2, -0.15) is 0 Å². The maximum atomic E-state index is 13.4. The number of anilines is 1. The number of carboxylic acid groups (broad SMARTS) is 1. The van der Waals surface area contributed by atoms with E-state index in [0.29, 0.717) is 6.42 Å². The Labute approximate surface area is 116 Å². The summed E-state index contributed by atoms with van der Waals surface area (Å²) >= 11 is 0. The first-order valence-electron chi connectivity index (χ1n) is 5.96. The molecule has 1 atom stereocenters. The Balaban J connectivity index is 2.26. The number of likely N-dealkylation sites (tertiary alicyclic amines) is 1. The van der Waals surface area contributed by atoms with Gasteiger partial charge in [-0.05, 0) is 12.8 Å². The fourth-order valence-corrected chi connectivity index (χ4v) is 2.13. The first kappa shape index (κ1) is 15.1. The third-order valence-electron chi connectivity index (χ3n) is 3.14. The maximum Gasteiger partial charge on any atom is 0.326 e. The summed E-state index contributed by atoms with van der Waals surface area (Å²) in [5, 5.41) is 10.6. The Morgan fingerprint density at radius 2 is 1.76 bits per heavy atom. The first-order chi connectivity index (χ1) is 9.82. The molecule has 2 rings (SSSR count). The van der Waals surface area contributed by atoms with Crippen LogP contribution in [0.15, 0.2) is 6.07 Å². The highest BCUT2D eigenvalue weighted by molar-refractivity contribution is 5.93. The number of carbonyl (C=O) groups excluding carboxylic acids is 1. The SMILES string of the molecule is O=C(O)C1CCCN1C(=O)Nc1c(F)c(F)cc(F)c1F. The Morgan fingerprint density at radius 1 is 1.19 bits per heavy atom. The Bertz CT molecular complexity index is 582. The monoisotopic (exact) mass is 306 g/mol. The topological polar surface area (TPSA) is 69.6 Å². The molecule has 1 aromatic carbocycles. The van der Waals surface area contributed by atoms with Gasteiger partial charge in [-0.25, -0.2) is 27.2 Å². The fourth-order valence-electron chi connectivity index (χ4n) is 2.13. The number of nitrogens with one attached hydrogen (secondary N) is 1. The van der Waals surface area contributed by atoms with Crippen LogP contribution in [-0.4, -0.2) is 34.6 Å². The molecule has 1 aromatic rings. The number of aliphatic carboxylic acids is 1. The highest BCUT2D eigenvalue weighted by Crippen LogP contribution is 2.26. The van der Waals surface area contributed by atoms with E-state index in [0.717, 1.165) is 4.90 Å². The molecule has 0 bridgehead atoms. The molecule has 0 radical (unpaired) electrons. The molecule has 0 saturated carbocycles. The first-order valence-corrected chi connectivity index (χ1v) is 5.96. The summed E-state index contributed by atoms with van der Waals surface area (Å²) in [6.07, 6.45) is 0.581. The zero-order valence-electron chi connectivity index (χ0n) is 10.5. The molecule has 0 aliphatic carbocycles. The number of hydrogen-bond acceptors (Lipinski definition) is 2. The van der Waals surface area contributed by atoms with Gasteiger partial charge in [0.25, 0.3) is 0 Å². The molecule has 1 aliphatic rings. The van der Waals surface area contributed by atoms with Crippen molar-refractivity contribution in [1.29, 1.82) is 0 Å². The average molecular weight is 306 g/mol. The molecule has 2 N–H and O–H groups in total. The van der Waals surface area contributed by atoms with Gasteiger partial charge in [-0.3, -0.25) is 0 Å². The van der Waals surface area contributed by atoms with Crippen molar-refractivity contribution in [2.75, 3.05) is 11.9 Å². The molecule has 5 nitrogen and oxygen atoms in total. The number of hydrogen-bond donors (Lipinski definition) is 2. The summed E-state index contributed by atoms with van der Waals surface area (Å²) in [6.45, 7) is 0.0594. The largest absolute Gasteiger partial charge is 0.480 e. The van der Waals surface area contributed by atoms with Gasteiger partial charge in [-0.1, -0.05) is 0 Å². The molecule has 9 heteroatoms. The number of amides is 2. The van der Waals surface area contributed by atoms with E-state index in [-0.39, 0.29) is 19.0 Å². The van der Waals surface area contributed by atoms with Crippen molar-refractivity contribution in [3.8, 4) is 0 Å². The Morgan fingerprint density at radius 3 is 2.29 bits per heavy atom. The predicted octanol–water partition coefficient (Wildman–Crippen LogP) is 2.32. The minimum atomic E-state index is -1.76. The minimum absolute atomic E-state index is 0.0101. The van der Waals surface area contributed by atoms with E-state index in [4.69, 9.17) is 5.11 Å². The summed E-state index contributed by atoms with van der Waals surface area (Å²) in [4.78, 5) is 23.6. The quantitative estimate of drug-likeness (QED) is 0.651. The third kappa shape index (κ3) is 2.76. The second-order valence-corrected chi connectivity index (χ2v) is 4.46. The van der Waals surface area contributed by atoms with Crippen LogP contribution in [0.25, 0.3) is 0 Å². The van der Waals surface area contributed by atoms with Crippen LogP contribution in [0.5, 0.6) is 0 Å². The van der Waals surface area contributed by atoms with Crippen LogP contribution in [0.3, 0.4) is 0 Å².